The molecule has 0 saturated carbocycles. The van der Waals surface area contributed by atoms with E-state index in [0.29, 0.717) is 36.7 Å². The zero-order valence-corrected chi connectivity index (χ0v) is 19.3. The fraction of sp³-hybridized carbons (Fsp3) is 0.269. The molecule has 35 heavy (non-hydrogen) atoms. The van der Waals surface area contributed by atoms with E-state index < -0.39 is 5.97 Å². The number of carbonyl (C=O) groups excluding carboxylic acids is 1. The predicted molar refractivity (Wildman–Crippen MR) is 131 cm³/mol. The summed E-state index contributed by atoms with van der Waals surface area (Å²) in [4.78, 5) is 39.4. The van der Waals surface area contributed by atoms with E-state index in [0.717, 1.165) is 35.1 Å². The highest BCUT2D eigenvalue weighted by Gasteiger charge is 2.24. The smallest absolute Gasteiger partial charge is 0.339 e. The maximum Gasteiger partial charge on any atom is 0.339 e. The summed E-state index contributed by atoms with van der Waals surface area (Å²) in [6.07, 6.45) is 6.76. The van der Waals surface area contributed by atoms with Gasteiger partial charge >= 0.3 is 5.97 Å². The van der Waals surface area contributed by atoms with Crippen molar-refractivity contribution >= 4 is 28.8 Å². The highest BCUT2D eigenvalue weighted by molar-refractivity contribution is 5.96. The summed E-state index contributed by atoms with van der Waals surface area (Å²) >= 11 is 0. The van der Waals surface area contributed by atoms with Gasteiger partial charge in [-0.25, -0.2) is 14.8 Å². The Morgan fingerprint density at radius 3 is 2.60 bits per heavy atom. The number of aromatic nitrogens is 3. The van der Waals surface area contributed by atoms with Crippen molar-refractivity contribution in [3.63, 3.8) is 0 Å². The Morgan fingerprint density at radius 1 is 1.11 bits per heavy atom. The van der Waals surface area contributed by atoms with Gasteiger partial charge in [0.15, 0.2) is 0 Å². The van der Waals surface area contributed by atoms with Crippen LogP contribution in [0.25, 0.3) is 22.2 Å². The molecule has 1 aliphatic rings. The van der Waals surface area contributed by atoms with E-state index in [2.05, 4.69) is 20.3 Å². The number of aromatic carboxylic acids is 1. The van der Waals surface area contributed by atoms with E-state index >= 15 is 0 Å². The van der Waals surface area contributed by atoms with Crippen molar-refractivity contribution in [3.8, 4) is 11.3 Å². The third-order valence-corrected chi connectivity index (χ3v) is 6.33. The standard InChI is InChI=1S/C26H25N5O4/c1-2-21-20(25(33)34)15-28-26(30-21)31-12-8-18(9-13-31)29-24(32)17-5-3-16(4-6-17)23-19-10-14-35-22(19)7-11-27-23/h3-7,10-11,14-15,18H,2,8-9,12-13H2,1H3,(H,29,32)(H,33,34). The number of anilines is 1. The van der Waals surface area contributed by atoms with Gasteiger partial charge in [-0.05, 0) is 43.5 Å². The minimum atomic E-state index is -1.02. The van der Waals surface area contributed by atoms with Gasteiger partial charge in [0.1, 0.15) is 5.58 Å². The maximum atomic E-state index is 12.8. The number of nitrogens with one attached hydrogen (secondary N) is 1. The van der Waals surface area contributed by atoms with Gasteiger partial charge in [0.25, 0.3) is 5.91 Å². The molecule has 1 fully saturated rings. The molecule has 2 N–H and O–H groups in total. The number of pyridine rings is 1. The average Bonchev–Trinajstić information content (AvgIpc) is 3.38. The first-order chi connectivity index (χ1) is 17.0. The number of carboxylic acids is 1. The van der Waals surface area contributed by atoms with Gasteiger partial charge in [0.05, 0.1) is 23.2 Å². The first-order valence-corrected chi connectivity index (χ1v) is 11.6. The predicted octanol–water partition coefficient (Wildman–Crippen LogP) is 3.94. The van der Waals surface area contributed by atoms with E-state index in [1.165, 1.54) is 6.20 Å². The number of amides is 1. The van der Waals surface area contributed by atoms with Crippen LogP contribution in [0, 0.1) is 0 Å². The summed E-state index contributed by atoms with van der Waals surface area (Å²) in [5.41, 5.74) is 3.78. The number of hydrogen-bond acceptors (Lipinski definition) is 7. The number of carboxylic acid groups (broad SMARTS) is 1. The summed E-state index contributed by atoms with van der Waals surface area (Å²) in [6.45, 7) is 3.24. The molecular formula is C26H25N5O4. The molecule has 1 aliphatic heterocycles. The van der Waals surface area contributed by atoms with E-state index in [1.807, 2.05) is 48.2 Å². The zero-order chi connectivity index (χ0) is 24.4. The van der Waals surface area contributed by atoms with Crippen LogP contribution < -0.4 is 10.2 Å². The lowest BCUT2D eigenvalue weighted by atomic mass is 10.0. The molecule has 0 atom stereocenters. The van der Waals surface area contributed by atoms with Crippen molar-refractivity contribution < 1.29 is 19.1 Å². The molecule has 0 bridgehead atoms. The van der Waals surface area contributed by atoms with Gasteiger partial charge < -0.3 is 19.7 Å². The van der Waals surface area contributed by atoms with Crippen LogP contribution in [-0.2, 0) is 6.42 Å². The Morgan fingerprint density at radius 2 is 1.89 bits per heavy atom. The molecular weight excluding hydrogens is 446 g/mol. The zero-order valence-electron chi connectivity index (χ0n) is 19.3. The van der Waals surface area contributed by atoms with Gasteiger partial charge in [0.2, 0.25) is 5.95 Å². The molecule has 4 heterocycles. The van der Waals surface area contributed by atoms with Crippen LogP contribution in [0.5, 0.6) is 0 Å². The topological polar surface area (TPSA) is 121 Å². The van der Waals surface area contributed by atoms with Crippen LogP contribution in [0.1, 0.15) is 46.2 Å². The molecule has 5 rings (SSSR count). The first-order valence-electron chi connectivity index (χ1n) is 11.6. The first kappa shape index (κ1) is 22.5. The van der Waals surface area contributed by atoms with Crippen molar-refractivity contribution in [3.05, 3.63) is 71.9 Å². The van der Waals surface area contributed by atoms with Crippen LogP contribution in [0.2, 0.25) is 0 Å². The van der Waals surface area contributed by atoms with Crippen LogP contribution in [0.15, 0.2) is 59.5 Å². The minimum Gasteiger partial charge on any atom is -0.478 e. The number of nitrogens with zero attached hydrogens (tertiary/aromatic N) is 4. The lowest BCUT2D eigenvalue weighted by Crippen LogP contribution is -2.45. The minimum absolute atomic E-state index is 0.0451. The highest BCUT2D eigenvalue weighted by Crippen LogP contribution is 2.27. The van der Waals surface area contributed by atoms with E-state index in [-0.39, 0.29) is 17.5 Å². The second-order valence-electron chi connectivity index (χ2n) is 8.49. The molecule has 1 saturated heterocycles. The van der Waals surface area contributed by atoms with Gasteiger partial charge in [0, 0.05) is 48.0 Å². The summed E-state index contributed by atoms with van der Waals surface area (Å²) in [5.74, 6) is -0.592. The van der Waals surface area contributed by atoms with Gasteiger partial charge in [-0.2, -0.15) is 0 Å². The summed E-state index contributed by atoms with van der Waals surface area (Å²) in [7, 11) is 0. The Hall–Kier alpha value is -4.27. The number of piperidine rings is 1. The number of rotatable bonds is 6. The van der Waals surface area contributed by atoms with Crippen molar-refractivity contribution in [2.45, 2.75) is 32.2 Å². The monoisotopic (exact) mass is 471 g/mol. The quantitative estimate of drug-likeness (QED) is 0.434. The summed E-state index contributed by atoms with van der Waals surface area (Å²) in [6, 6.07) is 11.2. The Bertz CT molecular complexity index is 1370. The summed E-state index contributed by atoms with van der Waals surface area (Å²) < 4.78 is 5.45. The Balaban J connectivity index is 1.20. The largest absolute Gasteiger partial charge is 0.478 e. The van der Waals surface area contributed by atoms with Gasteiger partial charge in [-0.15, -0.1) is 0 Å². The molecule has 4 aromatic rings. The third-order valence-electron chi connectivity index (χ3n) is 6.33. The molecule has 1 amide bonds. The Kier molecular flexibility index (Phi) is 6.13. The molecule has 0 aliphatic carbocycles. The van der Waals surface area contributed by atoms with Crippen LogP contribution in [0.3, 0.4) is 0 Å². The van der Waals surface area contributed by atoms with Crippen molar-refractivity contribution in [1.82, 2.24) is 20.3 Å². The van der Waals surface area contributed by atoms with Crippen LogP contribution in [0.4, 0.5) is 5.95 Å². The van der Waals surface area contributed by atoms with Crippen molar-refractivity contribution in [2.75, 3.05) is 18.0 Å². The molecule has 0 spiro atoms. The van der Waals surface area contributed by atoms with Crippen LogP contribution in [-0.4, -0.2) is 51.1 Å². The average molecular weight is 472 g/mol. The molecule has 9 heteroatoms. The number of benzene rings is 1. The lowest BCUT2D eigenvalue weighted by molar-refractivity contribution is 0.0694. The van der Waals surface area contributed by atoms with Crippen LogP contribution >= 0.6 is 0 Å². The van der Waals surface area contributed by atoms with Gasteiger partial charge in [-0.3, -0.25) is 9.78 Å². The number of fused-ring (bicyclic) bond motifs is 1. The number of hydrogen-bond donors (Lipinski definition) is 2. The molecule has 178 valence electrons. The number of aryl methyl sites for hydroxylation is 1. The normalized spacial score (nSPS) is 14.3. The van der Waals surface area contributed by atoms with Crippen molar-refractivity contribution in [2.24, 2.45) is 0 Å². The van der Waals surface area contributed by atoms with E-state index in [4.69, 9.17) is 4.42 Å². The SMILES string of the molecule is CCc1nc(N2CCC(NC(=O)c3ccc(-c4nccc5occc45)cc3)CC2)ncc1C(=O)O. The number of carbonyl (C=O) groups is 2. The van der Waals surface area contributed by atoms with Crippen molar-refractivity contribution in [1.29, 1.82) is 0 Å². The second kappa shape index (κ2) is 9.54. The molecule has 1 aromatic carbocycles. The summed E-state index contributed by atoms with van der Waals surface area (Å²) in [5, 5.41) is 13.3. The molecule has 0 radical (unpaired) electrons. The maximum absolute atomic E-state index is 12.8. The lowest BCUT2D eigenvalue weighted by Gasteiger charge is -2.32. The molecule has 3 aromatic heterocycles. The second-order valence-corrected chi connectivity index (χ2v) is 8.49. The third kappa shape index (κ3) is 4.57. The Labute approximate surface area is 201 Å². The highest BCUT2D eigenvalue weighted by atomic mass is 16.4. The molecule has 9 nitrogen and oxygen atoms in total. The fourth-order valence-corrected chi connectivity index (χ4v) is 4.40. The fourth-order valence-electron chi connectivity index (χ4n) is 4.40. The van der Waals surface area contributed by atoms with Gasteiger partial charge in [-0.1, -0.05) is 19.1 Å². The number of furan rings is 1. The molecule has 0 unspecified atom stereocenters. The van der Waals surface area contributed by atoms with E-state index in [1.54, 1.807) is 12.5 Å². The van der Waals surface area contributed by atoms with E-state index in [9.17, 15) is 14.7 Å².